The summed E-state index contributed by atoms with van der Waals surface area (Å²) in [6.07, 6.45) is 0. The van der Waals surface area contributed by atoms with Gasteiger partial charge in [-0.15, -0.1) is 0 Å². The molecular formula is C13H20O2Si. The van der Waals surface area contributed by atoms with Crippen molar-refractivity contribution in [3.05, 3.63) is 41.8 Å². The van der Waals surface area contributed by atoms with Gasteiger partial charge in [0.05, 0.1) is 7.11 Å². The van der Waals surface area contributed by atoms with E-state index in [4.69, 9.17) is 9.16 Å². The van der Waals surface area contributed by atoms with Crippen molar-refractivity contribution < 1.29 is 9.16 Å². The van der Waals surface area contributed by atoms with Crippen LogP contribution in [0, 0.1) is 0 Å². The average Bonchev–Trinajstić information content (AvgIpc) is 2.25. The van der Waals surface area contributed by atoms with E-state index in [-0.39, 0.29) is 0 Å². The van der Waals surface area contributed by atoms with E-state index in [1.54, 1.807) is 7.11 Å². The van der Waals surface area contributed by atoms with Crippen molar-refractivity contribution in [2.75, 3.05) is 7.11 Å². The number of ether oxygens (including phenoxy) is 1. The fourth-order valence-corrected chi connectivity index (χ4v) is 2.15. The lowest BCUT2D eigenvalue weighted by Gasteiger charge is -2.22. The molecule has 16 heavy (non-hydrogen) atoms. The zero-order chi connectivity index (χ0) is 12.2. The lowest BCUT2D eigenvalue weighted by atomic mass is 10.1. The Labute approximate surface area is 99.0 Å². The van der Waals surface area contributed by atoms with Crippen LogP contribution in [0.2, 0.25) is 19.6 Å². The summed E-state index contributed by atoms with van der Waals surface area (Å²) in [7, 11) is 0.0349. The highest BCUT2D eigenvalue weighted by Gasteiger charge is 2.20. The minimum absolute atomic E-state index is 0.644. The highest BCUT2D eigenvalue weighted by molar-refractivity contribution is 6.70. The molecule has 0 spiro atoms. The molecule has 1 aromatic carbocycles. The third kappa shape index (κ3) is 3.74. The summed E-state index contributed by atoms with van der Waals surface area (Å²) < 4.78 is 11.2. The Bertz CT molecular complexity index is 363. The van der Waals surface area contributed by atoms with Gasteiger partial charge in [0, 0.05) is 5.57 Å². The third-order valence-corrected chi connectivity index (χ3v) is 2.90. The van der Waals surface area contributed by atoms with Crippen LogP contribution in [0.3, 0.4) is 0 Å². The van der Waals surface area contributed by atoms with E-state index in [0.29, 0.717) is 5.95 Å². The van der Waals surface area contributed by atoms with E-state index in [9.17, 15) is 0 Å². The number of methoxy groups -OCH3 is 1. The maximum Gasteiger partial charge on any atom is 0.268 e. The summed E-state index contributed by atoms with van der Waals surface area (Å²) in [5.41, 5.74) is 2.18. The first-order valence-corrected chi connectivity index (χ1v) is 8.84. The van der Waals surface area contributed by atoms with Crippen molar-refractivity contribution in [2.45, 2.75) is 26.6 Å². The Morgan fingerprint density at radius 2 is 1.62 bits per heavy atom. The molecule has 0 fully saturated rings. The second-order valence-electron chi connectivity index (χ2n) is 4.70. The van der Waals surface area contributed by atoms with E-state index in [1.165, 1.54) is 0 Å². The molecule has 0 aliphatic heterocycles. The van der Waals surface area contributed by atoms with Crippen LogP contribution in [0.15, 0.2) is 36.3 Å². The third-order valence-electron chi connectivity index (χ3n) is 2.10. The second-order valence-corrected chi connectivity index (χ2v) is 9.13. The molecule has 1 rings (SSSR count). The maximum absolute atomic E-state index is 5.90. The van der Waals surface area contributed by atoms with Crippen LogP contribution < -0.4 is 0 Å². The zero-order valence-corrected chi connectivity index (χ0v) is 11.7. The first-order chi connectivity index (χ1) is 7.44. The molecule has 0 radical (unpaired) electrons. The molecule has 0 bridgehead atoms. The molecule has 0 atom stereocenters. The number of hydrogen-bond donors (Lipinski definition) is 0. The van der Waals surface area contributed by atoms with E-state index < -0.39 is 8.32 Å². The van der Waals surface area contributed by atoms with Gasteiger partial charge in [0.1, 0.15) is 0 Å². The SMILES string of the molecule is CO/C(O[Si](C)(C)C)=C(/C)c1ccccc1. The quantitative estimate of drug-likeness (QED) is 0.583. The molecule has 0 saturated carbocycles. The smallest absolute Gasteiger partial charge is 0.268 e. The minimum atomic E-state index is -1.62. The van der Waals surface area contributed by atoms with Crippen molar-refractivity contribution in [3.8, 4) is 0 Å². The van der Waals surface area contributed by atoms with E-state index in [1.807, 2.05) is 25.1 Å². The molecular weight excluding hydrogens is 216 g/mol. The van der Waals surface area contributed by atoms with Crippen molar-refractivity contribution in [1.29, 1.82) is 0 Å². The lowest BCUT2D eigenvalue weighted by molar-refractivity contribution is 0.149. The largest absolute Gasteiger partial charge is 0.520 e. The Morgan fingerprint density at radius 1 is 1.06 bits per heavy atom. The van der Waals surface area contributed by atoms with Gasteiger partial charge in [-0.05, 0) is 32.1 Å². The van der Waals surface area contributed by atoms with Crippen LogP contribution in [-0.4, -0.2) is 15.4 Å². The molecule has 0 aromatic heterocycles. The molecule has 0 heterocycles. The first kappa shape index (κ1) is 12.8. The number of allylic oxidation sites excluding steroid dienone is 1. The van der Waals surface area contributed by atoms with Crippen LogP contribution in [0.1, 0.15) is 12.5 Å². The summed E-state index contributed by atoms with van der Waals surface area (Å²) >= 11 is 0. The van der Waals surface area contributed by atoms with Gasteiger partial charge >= 0.3 is 0 Å². The van der Waals surface area contributed by atoms with Crippen molar-refractivity contribution in [2.24, 2.45) is 0 Å². The molecule has 0 unspecified atom stereocenters. The Hall–Kier alpha value is -1.22. The Morgan fingerprint density at radius 3 is 2.06 bits per heavy atom. The molecule has 2 nitrogen and oxygen atoms in total. The fourth-order valence-electron chi connectivity index (χ4n) is 1.36. The van der Waals surface area contributed by atoms with Gasteiger partial charge in [0.15, 0.2) is 0 Å². The van der Waals surface area contributed by atoms with Crippen LogP contribution in [0.25, 0.3) is 5.57 Å². The monoisotopic (exact) mass is 236 g/mol. The topological polar surface area (TPSA) is 18.5 Å². The number of hydrogen-bond acceptors (Lipinski definition) is 2. The van der Waals surface area contributed by atoms with Crippen LogP contribution in [0.4, 0.5) is 0 Å². The van der Waals surface area contributed by atoms with Gasteiger partial charge < -0.3 is 9.16 Å². The summed E-state index contributed by atoms with van der Waals surface area (Å²) in [5, 5.41) is 0. The molecule has 88 valence electrons. The lowest BCUT2D eigenvalue weighted by Crippen LogP contribution is -2.25. The summed E-state index contributed by atoms with van der Waals surface area (Å²) in [4.78, 5) is 0. The van der Waals surface area contributed by atoms with Crippen LogP contribution in [-0.2, 0) is 9.16 Å². The first-order valence-electron chi connectivity index (χ1n) is 5.43. The maximum atomic E-state index is 5.90. The highest BCUT2D eigenvalue weighted by Crippen LogP contribution is 2.22. The van der Waals surface area contributed by atoms with E-state index >= 15 is 0 Å². The van der Waals surface area contributed by atoms with Gasteiger partial charge in [-0.25, -0.2) is 0 Å². The molecule has 0 N–H and O–H groups in total. The van der Waals surface area contributed by atoms with Gasteiger partial charge in [-0.1, -0.05) is 30.3 Å². The Kier molecular flexibility index (Phi) is 4.18. The molecule has 0 aliphatic rings. The van der Waals surface area contributed by atoms with Crippen molar-refractivity contribution >= 4 is 13.9 Å². The van der Waals surface area contributed by atoms with Crippen molar-refractivity contribution in [3.63, 3.8) is 0 Å². The van der Waals surface area contributed by atoms with Crippen molar-refractivity contribution in [1.82, 2.24) is 0 Å². The highest BCUT2D eigenvalue weighted by atomic mass is 28.4. The fraction of sp³-hybridized carbons (Fsp3) is 0.385. The average molecular weight is 236 g/mol. The summed E-state index contributed by atoms with van der Waals surface area (Å²) in [6.45, 7) is 8.45. The number of benzene rings is 1. The second kappa shape index (κ2) is 5.21. The van der Waals surface area contributed by atoms with Gasteiger partial charge in [0.2, 0.25) is 8.32 Å². The van der Waals surface area contributed by atoms with Gasteiger partial charge in [0.25, 0.3) is 5.95 Å². The Balaban J connectivity index is 3.00. The predicted molar refractivity (Wildman–Crippen MR) is 70.5 cm³/mol. The van der Waals surface area contributed by atoms with E-state index in [0.717, 1.165) is 11.1 Å². The number of rotatable bonds is 4. The van der Waals surface area contributed by atoms with Gasteiger partial charge in [-0.2, -0.15) is 0 Å². The normalized spacial score (nSPS) is 13.1. The van der Waals surface area contributed by atoms with E-state index in [2.05, 4.69) is 31.8 Å². The van der Waals surface area contributed by atoms with Crippen LogP contribution >= 0.6 is 0 Å². The minimum Gasteiger partial charge on any atom is -0.520 e. The molecule has 0 amide bonds. The molecule has 0 saturated heterocycles. The molecule has 0 aliphatic carbocycles. The summed E-state index contributed by atoms with van der Waals surface area (Å²) in [6, 6.07) is 10.1. The zero-order valence-electron chi connectivity index (χ0n) is 10.7. The predicted octanol–water partition coefficient (Wildman–Crippen LogP) is 3.87. The molecule has 1 aromatic rings. The standard InChI is InChI=1S/C13H20O2Si/c1-11(12-9-7-6-8-10-12)13(14-2)15-16(3,4)5/h6-10H,1-5H3/b13-11+. The van der Waals surface area contributed by atoms with Gasteiger partial charge in [-0.3, -0.25) is 0 Å². The van der Waals surface area contributed by atoms with Crippen LogP contribution in [0.5, 0.6) is 0 Å². The summed E-state index contributed by atoms with van der Waals surface area (Å²) in [5.74, 6) is 0.644. The molecule has 3 heteroatoms.